The summed E-state index contributed by atoms with van der Waals surface area (Å²) < 4.78 is 12.5. The summed E-state index contributed by atoms with van der Waals surface area (Å²) in [6, 6.07) is 11.0. The molecule has 0 bridgehead atoms. The summed E-state index contributed by atoms with van der Waals surface area (Å²) in [5.41, 5.74) is 3.90. The van der Waals surface area contributed by atoms with Crippen molar-refractivity contribution in [1.82, 2.24) is 14.8 Å². The molecule has 2 amide bonds. The van der Waals surface area contributed by atoms with Gasteiger partial charge in [0.25, 0.3) is 5.91 Å². The van der Waals surface area contributed by atoms with Crippen LogP contribution in [0.4, 0.5) is 0 Å². The summed E-state index contributed by atoms with van der Waals surface area (Å²) in [5.74, 6) is 0.706. The molecule has 8 heteroatoms. The molecular formula is C30H37N3O5. The Hall–Kier alpha value is -3.81. The molecule has 1 fully saturated rings. The second-order valence-corrected chi connectivity index (χ2v) is 10.2. The number of aryl methyl sites for hydroxylation is 1. The summed E-state index contributed by atoms with van der Waals surface area (Å²) >= 11 is 0. The van der Waals surface area contributed by atoms with Crippen molar-refractivity contribution in [2.75, 3.05) is 34.9 Å². The highest BCUT2D eigenvalue weighted by molar-refractivity contribution is 5.99. The lowest BCUT2D eigenvalue weighted by Crippen LogP contribution is -2.28. The van der Waals surface area contributed by atoms with Gasteiger partial charge in [0.1, 0.15) is 5.75 Å². The molecule has 8 nitrogen and oxygen atoms in total. The molecule has 0 atom stereocenters. The number of carbonyl (C=O) groups is 3. The third-order valence-electron chi connectivity index (χ3n) is 7.41. The molecule has 1 N–H and O–H groups in total. The number of hydrogen-bond acceptors (Lipinski definition) is 5. The molecule has 1 aliphatic carbocycles. The van der Waals surface area contributed by atoms with Gasteiger partial charge in [-0.05, 0) is 60.2 Å². The molecule has 0 spiro atoms. The second-order valence-electron chi connectivity index (χ2n) is 10.2. The van der Waals surface area contributed by atoms with Gasteiger partial charge in [-0.15, -0.1) is 0 Å². The Kier molecular flexibility index (Phi) is 8.71. The molecule has 38 heavy (non-hydrogen) atoms. The molecule has 1 heterocycles. The molecular weight excluding hydrogens is 482 g/mol. The highest BCUT2D eigenvalue weighted by atomic mass is 16.5. The molecule has 0 radical (unpaired) electrons. The van der Waals surface area contributed by atoms with Crippen molar-refractivity contribution in [3.8, 4) is 5.75 Å². The van der Waals surface area contributed by atoms with Gasteiger partial charge in [0.15, 0.2) is 0 Å². The number of amides is 2. The van der Waals surface area contributed by atoms with Crippen LogP contribution in [0.1, 0.15) is 63.9 Å². The van der Waals surface area contributed by atoms with Gasteiger partial charge in [-0.25, -0.2) is 4.79 Å². The van der Waals surface area contributed by atoms with Gasteiger partial charge >= 0.3 is 5.97 Å². The average molecular weight is 520 g/mol. The maximum absolute atomic E-state index is 13.0. The maximum Gasteiger partial charge on any atom is 0.337 e. The predicted octanol–water partition coefficient (Wildman–Crippen LogP) is 4.43. The normalized spacial score (nSPS) is 13.5. The Morgan fingerprint density at radius 1 is 1.00 bits per heavy atom. The zero-order chi connectivity index (χ0) is 27.2. The van der Waals surface area contributed by atoms with Gasteiger partial charge in [-0.2, -0.15) is 0 Å². The maximum atomic E-state index is 13.0. The van der Waals surface area contributed by atoms with Crippen molar-refractivity contribution in [2.24, 2.45) is 5.92 Å². The number of methoxy groups -OCH3 is 2. The Labute approximate surface area is 223 Å². The fourth-order valence-corrected chi connectivity index (χ4v) is 5.17. The minimum atomic E-state index is -0.426. The topological polar surface area (TPSA) is 89.9 Å². The Bertz CT molecular complexity index is 1320. The first kappa shape index (κ1) is 27.2. The van der Waals surface area contributed by atoms with E-state index in [4.69, 9.17) is 9.47 Å². The van der Waals surface area contributed by atoms with E-state index in [0.717, 1.165) is 22.0 Å². The molecule has 0 saturated heterocycles. The number of nitrogens with zero attached hydrogens (tertiary/aromatic N) is 2. The first-order chi connectivity index (χ1) is 18.3. The highest BCUT2D eigenvalue weighted by Gasteiger charge is 2.19. The number of benzene rings is 2. The van der Waals surface area contributed by atoms with Crippen LogP contribution < -0.4 is 10.1 Å². The Balaban J connectivity index is 1.66. The van der Waals surface area contributed by atoms with Crippen molar-refractivity contribution in [3.05, 3.63) is 64.8 Å². The highest BCUT2D eigenvalue weighted by Crippen LogP contribution is 2.30. The number of nitrogens with one attached hydrogen (secondary N) is 1. The number of aromatic nitrogens is 1. The van der Waals surface area contributed by atoms with E-state index in [-0.39, 0.29) is 11.8 Å². The molecule has 3 aromatic rings. The average Bonchev–Trinajstić information content (AvgIpc) is 3.57. The van der Waals surface area contributed by atoms with Crippen LogP contribution in [-0.2, 0) is 22.5 Å². The van der Waals surface area contributed by atoms with Gasteiger partial charge in [0.2, 0.25) is 5.91 Å². The number of ether oxygens (including phenoxy) is 2. The standard InChI is InChI=1S/C30H37N3O5/c1-32(2)28(34)13-14-33-19-24(15-21-9-10-23(30(36)38-4)17-27(21)37-3)25-16-22(11-12-26(25)33)29(35)31-18-20-7-5-6-8-20/h9-12,16-17,19-20H,5-8,13-15,18H2,1-4H3,(H,31,35). The van der Waals surface area contributed by atoms with E-state index in [0.29, 0.717) is 48.7 Å². The Morgan fingerprint density at radius 2 is 1.74 bits per heavy atom. The van der Waals surface area contributed by atoms with Crippen LogP contribution in [0.2, 0.25) is 0 Å². The van der Waals surface area contributed by atoms with E-state index in [1.54, 1.807) is 38.2 Å². The minimum absolute atomic E-state index is 0.0522. The lowest BCUT2D eigenvalue weighted by atomic mass is 10.0. The van der Waals surface area contributed by atoms with E-state index >= 15 is 0 Å². The zero-order valence-electron chi connectivity index (χ0n) is 22.7. The predicted molar refractivity (Wildman–Crippen MR) is 147 cm³/mol. The summed E-state index contributed by atoms with van der Waals surface area (Å²) in [6.07, 6.45) is 7.78. The third-order valence-corrected chi connectivity index (χ3v) is 7.41. The van der Waals surface area contributed by atoms with Crippen molar-refractivity contribution in [1.29, 1.82) is 0 Å². The molecule has 202 valence electrons. The first-order valence-electron chi connectivity index (χ1n) is 13.2. The fraction of sp³-hybridized carbons (Fsp3) is 0.433. The summed E-state index contributed by atoms with van der Waals surface area (Å²) in [7, 11) is 6.42. The summed E-state index contributed by atoms with van der Waals surface area (Å²) in [6.45, 7) is 1.24. The second kappa shape index (κ2) is 12.2. The lowest BCUT2D eigenvalue weighted by molar-refractivity contribution is -0.128. The SMILES string of the molecule is COC(=O)c1ccc(Cc2cn(CCC(=O)N(C)C)c3ccc(C(=O)NCC4CCCC4)cc23)c(OC)c1. The number of rotatable bonds is 10. The fourth-order valence-electron chi connectivity index (χ4n) is 5.17. The van der Waals surface area contributed by atoms with Crippen LogP contribution in [0.5, 0.6) is 5.75 Å². The largest absolute Gasteiger partial charge is 0.496 e. The number of fused-ring (bicyclic) bond motifs is 1. The lowest BCUT2D eigenvalue weighted by Gasteiger charge is -2.12. The van der Waals surface area contributed by atoms with Crippen molar-refractivity contribution in [2.45, 2.75) is 45.1 Å². The van der Waals surface area contributed by atoms with Crippen LogP contribution >= 0.6 is 0 Å². The van der Waals surface area contributed by atoms with Gasteiger partial charge in [-0.1, -0.05) is 18.9 Å². The van der Waals surface area contributed by atoms with E-state index < -0.39 is 5.97 Å². The monoisotopic (exact) mass is 519 g/mol. The number of carbonyl (C=O) groups excluding carboxylic acids is 3. The van der Waals surface area contributed by atoms with Crippen molar-refractivity contribution in [3.63, 3.8) is 0 Å². The minimum Gasteiger partial charge on any atom is -0.496 e. The number of esters is 1. The van der Waals surface area contributed by atoms with Crippen molar-refractivity contribution < 1.29 is 23.9 Å². The molecule has 1 aliphatic rings. The number of hydrogen-bond donors (Lipinski definition) is 1. The van der Waals surface area contributed by atoms with Gasteiger partial charge < -0.3 is 24.3 Å². The van der Waals surface area contributed by atoms with Crippen LogP contribution in [0.15, 0.2) is 42.6 Å². The van der Waals surface area contributed by atoms with Crippen LogP contribution in [0.3, 0.4) is 0 Å². The molecule has 1 saturated carbocycles. The quantitative estimate of drug-likeness (QED) is 0.401. The van der Waals surface area contributed by atoms with Crippen molar-refractivity contribution >= 4 is 28.7 Å². The van der Waals surface area contributed by atoms with Crippen LogP contribution in [0.25, 0.3) is 10.9 Å². The molecule has 2 aromatic carbocycles. The summed E-state index contributed by atoms with van der Waals surface area (Å²) in [5, 5.41) is 4.07. The van der Waals surface area contributed by atoms with Gasteiger partial charge in [0, 0.05) is 62.7 Å². The van der Waals surface area contributed by atoms with Gasteiger partial charge in [0.05, 0.1) is 19.8 Å². The van der Waals surface area contributed by atoms with Gasteiger partial charge in [-0.3, -0.25) is 9.59 Å². The van der Waals surface area contributed by atoms with E-state index in [1.165, 1.54) is 32.8 Å². The zero-order valence-corrected chi connectivity index (χ0v) is 22.7. The van der Waals surface area contributed by atoms with E-state index in [1.807, 2.05) is 30.5 Å². The molecule has 4 rings (SSSR count). The Morgan fingerprint density at radius 3 is 2.42 bits per heavy atom. The van der Waals surface area contributed by atoms with Crippen LogP contribution in [-0.4, -0.2) is 62.1 Å². The van der Waals surface area contributed by atoms with Crippen LogP contribution in [0, 0.1) is 5.92 Å². The summed E-state index contributed by atoms with van der Waals surface area (Å²) in [4.78, 5) is 38.9. The third kappa shape index (κ3) is 6.18. The molecule has 0 aliphatic heterocycles. The van der Waals surface area contributed by atoms with E-state index in [2.05, 4.69) is 9.88 Å². The first-order valence-corrected chi connectivity index (χ1v) is 13.2. The molecule has 1 aromatic heterocycles. The molecule has 0 unspecified atom stereocenters. The smallest absolute Gasteiger partial charge is 0.337 e. The van der Waals surface area contributed by atoms with E-state index in [9.17, 15) is 14.4 Å².